The lowest BCUT2D eigenvalue weighted by Crippen LogP contribution is -2.13. The minimum atomic E-state index is 1.01. The van der Waals surface area contributed by atoms with Gasteiger partial charge in [0.15, 0.2) is 0 Å². The molecule has 0 N–H and O–H groups in total. The summed E-state index contributed by atoms with van der Waals surface area (Å²) in [6, 6.07) is 0. The van der Waals surface area contributed by atoms with Crippen molar-refractivity contribution >= 4 is 0 Å². The number of hydrogen-bond acceptors (Lipinski definition) is 0. The van der Waals surface area contributed by atoms with Gasteiger partial charge in [-0.15, -0.1) is 0 Å². The van der Waals surface area contributed by atoms with Crippen LogP contribution in [0.2, 0.25) is 0 Å². The van der Waals surface area contributed by atoms with Gasteiger partial charge in [0.2, 0.25) is 0 Å². The van der Waals surface area contributed by atoms with Crippen molar-refractivity contribution in [1.82, 2.24) is 0 Å². The number of unbranched alkanes of at least 4 members (excludes halogenated alkanes) is 8. The minimum absolute atomic E-state index is 1.01. The van der Waals surface area contributed by atoms with Crippen molar-refractivity contribution < 1.29 is 0 Å². The Hall–Kier alpha value is 0. The van der Waals surface area contributed by atoms with Crippen molar-refractivity contribution in [2.45, 2.75) is 118 Å². The molecule has 0 radical (unpaired) electrons. The van der Waals surface area contributed by atoms with Crippen LogP contribution in [0.3, 0.4) is 0 Å². The molecule has 0 spiro atoms. The van der Waals surface area contributed by atoms with E-state index in [-0.39, 0.29) is 0 Å². The number of rotatable bonds is 15. The van der Waals surface area contributed by atoms with E-state index in [2.05, 4.69) is 27.7 Å². The predicted molar refractivity (Wildman–Crippen MR) is 94.3 cm³/mol. The first-order valence-corrected chi connectivity index (χ1v) is 9.79. The summed E-state index contributed by atoms with van der Waals surface area (Å²) in [5.74, 6) is 2.01. The van der Waals surface area contributed by atoms with E-state index in [0.717, 1.165) is 11.8 Å². The van der Waals surface area contributed by atoms with Crippen molar-refractivity contribution in [2.75, 3.05) is 0 Å². The van der Waals surface area contributed by atoms with Gasteiger partial charge in [-0.05, 0) is 11.8 Å². The molecule has 0 aromatic rings. The van der Waals surface area contributed by atoms with E-state index in [1.54, 1.807) is 0 Å². The fraction of sp³-hybridized carbons (Fsp3) is 1.00. The smallest absolute Gasteiger partial charge is 0.0389 e. The van der Waals surface area contributed by atoms with Gasteiger partial charge < -0.3 is 0 Å². The second-order valence-corrected chi connectivity index (χ2v) is 6.74. The zero-order valence-electron chi connectivity index (χ0n) is 15.1. The van der Waals surface area contributed by atoms with E-state index in [9.17, 15) is 0 Å². The predicted octanol–water partition coefficient (Wildman–Crippen LogP) is 7.76. The summed E-state index contributed by atoms with van der Waals surface area (Å²) >= 11 is 0. The van der Waals surface area contributed by atoms with E-state index in [1.165, 1.54) is 89.9 Å². The van der Waals surface area contributed by atoms with Crippen molar-refractivity contribution in [3.05, 3.63) is 0 Å². The van der Waals surface area contributed by atoms with E-state index in [1.807, 2.05) is 0 Å². The molecule has 0 amide bonds. The summed E-state index contributed by atoms with van der Waals surface area (Å²) < 4.78 is 0. The van der Waals surface area contributed by atoms with Gasteiger partial charge in [-0.25, -0.2) is 0 Å². The van der Waals surface area contributed by atoms with Gasteiger partial charge in [0.1, 0.15) is 0 Å². The molecule has 0 fully saturated rings. The van der Waals surface area contributed by atoms with Gasteiger partial charge in [-0.1, -0.05) is 118 Å². The number of hydrogen-bond donors (Lipinski definition) is 0. The molecule has 0 aliphatic rings. The molecule has 122 valence electrons. The molecule has 0 bridgehead atoms. The van der Waals surface area contributed by atoms with Gasteiger partial charge in [0.25, 0.3) is 0 Å². The summed E-state index contributed by atoms with van der Waals surface area (Å²) in [5.41, 5.74) is 0. The summed E-state index contributed by atoms with van der Waals surface area (Å²) in [5, 5.41) is 0. The zero-order chi connectivity index (χ0) is 15.1. The Balaban J connectivity index is 3.78. The van der Waals surface area contributed by atoms with Gasteiger partial charge in [0.05, 0.1) is 0 Å². The third-order valence-corrected chi connectivity index (χ3v) is 5.07. The first-order chi connectivity index (χ1) is 9.79. The van der Waals surface area contributed by atoms with Crippen LogP contribution in [0, 0.1) is 11.8 Å². The molecular formula is C20H42. The zero-order valence-corrected chi connectivity index (χ0v) is 15.1. The molecule has 0 rings (SSSR count). The highest BCUT2D eigenvalue weighted by atomic mass is 14.2. The lowest BCUT2D eigenvalue weighted by Gasteiger charge is -2.25. The molecule has 20 heavy (non-hydrogen) atoms. The fourth-order valence-electron chi connectivity index (χ4n) is 3.57. The molecule has 0 heteroatoms. The summed E-state index contributed by atoms with van der Waals surface area (Å²) in [6.07, 6.45) is 20.2. The van der Waals surface area contributed by atoms with Crippen LogP contribution in [0.4, 0.5) is 0 Å². The van der Waals surface area contributed by atoms with Gasteiger partial charge in [-0.2, -0.15) is 0 Å². The molecule has 2 atom stereocenters. The van der Waals surface area contributed by atoms with Crippen LogP contribution in [0.5, 0.6) is 0 Å². The molecule has 2 unspecified atom stereocenters. The van der Waals surface area contributed by atoms with Crippen molar-refractivity contribution in [1.29, 1.82) is 0 Å². The molecule has 0 aliphatic heterocycles. The second kappa shape index (κ2) is 15.4. The molecule has 0 saturated carbocycles. The molecule has 0 saturated heterocycles. The van der Waals surface area contributed by atoms with Crippen LogP contribution in [0.25, 0.3) is 0 Å². The molecule has 0 heterocycles. The van der Waals surface area contributed by atoms with Gasteiger partial charge in [0, 0.05) is 0 Å². The molecule has 0 nitrogen and oxygen atoms in total. The molecule has 0 aromatic carbocycles. The summed E-state index contributed by atoms with van der Waals surface area (Å²) in [4.78, 5) is 0. The Kier molecular flexibility index (Phi) is 15.4. The van der Waals surface area contributed by atoms with Crippen molar-refractivity contribution in [3.63, 3.8) is 0 Å². The average Bonchev–Trinajstić information content (AvgIpc) is 2.48. The van der Waals surface area contributed by atoms with Crippen LogP contribution in [0.15, 0.2) is 0 Å². The largest absolute Gasteiger partial charge is 0.0654 e. The lowest BCUT2D eigenvalue weighted by atomic mass is 9.81. The highest BCUT2D eigenvalue weighted by Gasteiger charge is 2.17. The Labute approximate surface area is 130 Å². The SMILES string of the molecule is CCCCCCCC(CC)C(CC)CCCCCCC. The average molecular weight is 283 g/mol. The second-order valence-electron chi connectivity index (χ2n) is 6.74. The van der Waals surface area contributed by atoms with E-state index < -0.39 is 0 Å². The Morgan fingerprint density at radius 3 is 1.10 bits per heavy atom. The standard InChI is InChI=1S/C20H42/c1-5-9-11-13-15-17-19(7-3)20(8-4)18-16-14-12-10-6-2/h19-20H,5-18H2,1-4H3. The quantitative estimate of drug-likeness (QED) is 0.269. The Morgan fingerprint density at radius 2 is 0.800 bits per heavy atom. The lowest BCUT2D eigenvalue weighted by molar-refractivity contribution is 0.263. The monoisotopic (exact) mass is 282 g/mol. The van der Waals surface area contributed by atoms with Crippen LogP contribution < -0.4 is 0 Å². The first-order valence-electron chi connectivity index (χ1n) is 9.79. The topological polar surface area (TPSA) is 0 Å². The Bertz CT molecular complexity index is 153. The van der Waals surface area contributed by atoms with Crippen LogP contribution in [0.1, 0.15) is 118 Å². The summed E-state index contributed by atoms with van der Waals surface area (Å²) in [6.45, 7) is 9.44. The third kappa shape index (κ3) is 10.7. The maximum absolute atomic E-state index is 2.41. The fourth-order valence-corrected chi connectivity index (χ4v) is 3.57. The van der Waals surface area contributed by atoms with Gasteiger partial charge >= 0.3 is 0 Å². The maximum Gasteiger partial charge on any atom is -0.0389 e. The van der Waals surface area contributed by atoms with Crippen LogP contribution in [-0.4, -0.2) is 0 Å². The minimum Gasteiger partial charge on any atom is -0.0654 e. The molecule has 0 aliphatic carbocycles. The van der Waals surface area contributed by atoms with Crippen molar-refractivity contribution in [2.24, 2.45) is 11.8 Å². The van der Waals surface area contributed by atoms with Gasteiger partial charge in [-0.3, -0.25) is 0 Å². The van der Waals surface area contributed by atoms with Crippen molar-refractivity contribution in [3.8, 4) is 0 Å². The van der Waals surface area contributed by atoms with Crippen LogP contribution >= 0.6 is 0 Å². The van der Waals surface area contributed by atoms with E-state index in [0.29, 0.717) is 0 Å². The van der Waals surface area contributed by atoms with E-state index >= 15 is 0 Å². The summed E-state index contributed by atoms with van der Waals surface area (Å²) in [7, 11) is 0. The highest BCUT2D eigenvalue weighted by molar-refractivity contribution is 4.69. The normalized spacial score (nSPS) is 14.4. The first kappa shape index (κ1) is 20.0. The molecular weight excluding hydrogens is 240 g/mol. The van der Waals surface area contributed by atoms with E-state index in [4.69, 9.17) is 0 Å². The Morgan fingerprint density at radius 1 is 0.450 bits per heavy atom. The maximum atomic E-state index is 2.41. The third-order valence-electron chi connectivity index (χ3n) is 5.07. The van der Waals surface area contributed by atoms with Crippen LogP contribution in [-0.2, 0) is 0 Å². The highest BCUT2D eigenvalue weighted by Crippen LogP contribution is 2.29. The molecule has 0 aromatic heterocycles.